The molecule has 1 aromatic carbocycles. The highest BCUT2D eigenvalue weighted by molar-refractivity contribution is 7.87. The standard InChI is InChI=1S/C14H17ClO6S/c1-10(14(16)20-9-11-5-4-8-19-11)21-22(17,18)13-7-3-2-6-12(13)15/h2-3,6-7,10-11H,4-5,8-9H2,1H3/t10-,11?/m0/s1. The summed E-state index contributed by atoms with van der Waals surface area (Å²) in [7, 11) is -4.14. The van der Waals surface area contributed by atoms with Gasteiger partial charge in [-0.3, -0.25) is 4.18 Å². The van der Waals surface area contributed by atoms with Gasteiger partial charge in [0.15, 0.2) is 6.10 Å². The molecule has 0 N–H and O–H groups in total. The summed E-state index contributed by atoms with van der Waals surface area (Å²) in [6, 6.07) is 5.85. The number of hydrogen-bond donors (Lipinski definition) is 0. The van der Waals surface area contributed by atoms with Crippen LogP contribution in [0, 0.1) is 0 Å². The minimum absolute atomic E-state index is 0.0300. The lowest BCUT2D eigenvalue weighted by Crippen LogP contribution is -2.29. The average molecular weight is 349 g/mol. The molecule has 0 aliphatic carbocycles. The van der Waals surface area contributed by atoms with Gasteiger partial charge in [-0.2, -0.15) is 8.42 Å². The number of ether oxygens (including phenoxy) is 2. The Kier molecular flexibility index (Phi) is 5.80. The molecule has 0 amide bonds. The van der Waals surface area contributed by atoms with E-state index in [1.54, 1.807) is 6.07 Å². The van der Waals surface area contributed by atoms with Crippen molar-refractivity contribution in [1.82, 2.24) is 0 Å². The number of benzene rings is 1. The molecule has 0 aromatic heterocycles. The Balaban J connectivity index is 1.93. The highest BCUT2D eigenvalue weighted by Crippen LogP contribution is 2.23. The fraction of sp³-hybridized carbons (Fsp3) is 0.500. The topological polar surface area (TPSA) is 78.9 Å². The summed E-state index contributed by atoms with van der Waals surface area (Å²) in [4.78, 5) is 11.6. The van der Waals surface area contributed by atoms with Crippen LogP contribution in [-0.4, -0.2) is 39.8 Å². The number of hydrogen-bond acceptors (Lipinski definition) is 6. The molecule has 1 heterocycles. The van der Waals surface area contributed by atoms with Crippen molar-refractivity contribution < 1.29 is 26.9 Å². The minimum Gasteiger partial charge on any atom is -0.461 e. The molecule has 1 fully saturated rings. The van der Waals surface area contributed by atoms with Crippen molar-refractivity contribution in [2.24, 2.45) is 0 Å². The van der Waals surface area contributed by atoms with E-state index in [1.807, 2.05) is 0 Å². The van der Waals surface area contributed by atoms with E-state index in [0.29, 0.717) is 6.61 Å². The summed E-state index contributed by atoms with van der Waals surface area (Å²) < 4.78 is 39.4. The Bertz CT molecular complexity index is 624. The van der Waals surface area contributed by atoms with Gasteiger partial charge in [0.2, 0.25) is 0 Å². The number of halogens is 1. The van der Waals surface area contributed by atoms with Crippen molar-refractivity contribution in [1.29, 1.82) is 0 Å². The van der Waals surface area contributed by atoms with Crippen molar-refractivity contribution in [3.8, 4) is 0 Å². The van der Waals surface area contributed by atoms with Gasteiger partial charge in [0, 0.05) is 6.61 Å². The van der Waals surface area contributed by atoms with Crippen LogP contribution < -0.4 is 0 Å². The number of rotatable bonds is 6. The lowest BCUT2D eigenvalue weighted by atomic mass is 10.2. The highest BCUT2D eigenvalue weighted by Gasteiger charge is 2.27. The molecular formula is C14H17ClO6S. The first kappa shape index (κ1) is 17.2. The second-order valence-corrected chi connectivity index (χ2v) is 6.84. The Morgan fingerprint density at radius 1 is 1.45 bits per heavy atom. The van der Waals surface area contributed by atoms with E-state index in [1.165, 1.54) is 25.1 Å². The number of esters is 1. The van der Waals surface area contributed by atoms with E-state index in [-0.39, 0.29) is 22.6 Å². The first-order valence-electron chi connectivity index (χ1n) is 6.86. The first-order valence-corrected chi connectivity index (χ1v) is 8.65. The monoisotopic (exact) mass is 348 g/mol. The third-order valence-corrected chi connectivity index (χ3v) is 5.02. The average Bonchev–Trinajstić information content (AvgIpc) is 2.97. The zero-order valence-corrected chi connectivity index (χ0v) is 13.6. The molecular weight excluding hydrogens is 332 g/mol. The maximum atomic E-state index is 12.1. The molecule has 1 aliphatic rings. The van der Waals surface area contributed by atoms with Crippen LogP contribution in [0.15, 0.2) is 29.2 Å². The van der Waals surface area contributed by atoms with Gasteiger partial charge in [-0.05, 0) is 31.9 Å². The Morgan fingerprint density at radius 3 is 2.82 bits per heavy atom. The molecule has 1 saturated heterocycles. The summed E-state index contributed by atoms with van der Waals surface area (Å²) in [6.07, 6.45) is 0.356. The van der Waals surface area contributed by atoms with Crippen LogP contribution in [0.2, 0.25) is 5.02 Å². The molecule has 1 aliphatic heterocycles. The van der Waals surface area contributed by atoms with Crippen LogP contribution in [-0.2, 0) is 28.6 Å². The van der Waals surface area contributed by atoms with E-state index in [9.17, 15) is 13.2 Å². The molecule has 8 heteroatoms. The van der Waals surface area contributed by atoms with Gasteiger partial charge in [0.25, 0.3) is 10.1 Å². The van der Waals surface area contributed by atoms with Gasteiger partial charge in [-0.1, -0.05) is 23.7 Å². The lowest BCUT2D eigenvalue weighted by Gasteiger charge is -2.15. The largest absolute Gasteiger partial charge is 0.461 e. The summed E-state index contributed by atoms with van der Waals surface area (Å²) in [5.41, 5.74) is 0. The van der Waals surface area contributed by atoms with Gasteiger partial charge in [0.05, 0.1) is 11.1 Å². The summed E-state index contributed by atoms with van der Waals surface area (Å²) >= 11 is 5.83. The first-order chi connectivity index (χ1) is 10.4. The molecule has 2 rings (SSSR count). The minimum atomic E-state index is -4.14. The fourth-order valence-electron chi connectivity index (χ4n) is 2.00. The van der Waals surface area contributed by atoms with Gasteiger partial charge in [-0.15, -0.1) is 0 Å². The molecule has 0 saturated carbocycles. The van der Waals surface area contributed by atoms with E-state index in [0.717, 1.165) is 12.8 Å². The van der Waals surface area contributed by atoms with E-state index in [2.05, 4.69) is 0 Å². The Labute approximate surface area is 134 Å². The van der Waals surface area contributed by atoms with Crippen LogP contribution in [0.1, 0.15) is 19.8 Å². The van der Waals surface area contributed by atoms with Crippen LogP contribution in [0.25, 0.3) is 0 Å². The van der Waals surface area contributed by atoms with Crippen molar-refractivity contribution in [2.45, 2.75) is 36.9 Å². The van der Waals surface area contributed by atoms with Crippen LogP contribution in [0.5, 0.6) is 0 Å². The smallest absolute Gasteiger partial charge is 0.336 e. The summed E-state index contributed by atoms with van der Waals surface area (Å²) in [6.45, 7) is 2.06. The zero-order chi connectivity index (χ0) is 16.2. The second-order valence-electron chi connectivity index (χ2n) is 4.89. The van der Waals surface area contributed by atoms with E-state index < -0.39 is 22.2 Å². The molecule has 0 radical (unpaired) electrons. The lowest BCUT2D eigenvalue weighted by molar-refractivity contribution is -0.154. The fourth-order valence-corrected chi connectivity index (χ4v) is 3.53. The van der Waals surface area contributed by atoms with E-state index in [4.69, 9.17) is 25.3 Å². The second kappa shape index (κ2) is 7.41. The molecule has 122 valence electrons. The molecule has 1 unspecified atom stereocenters. The van der Waals surface area contributed by atoms with Crippen LogP contribution in [0.3, 0.4) is 0 Å². The third kappa shape index (κ3) is 4.42. The Morgan fingerprint density at radius 2 is 2.18 bits per heavy atom. The quantitative estimate of drug-likeness (QED) is 0.579. The van der Waals surface area contributed by atoms with E-state index >= 15 is 0 Å². The molecule has 22 heavy (non-hydrogen) atoms. The third-order valence-electron chi connectivity index (χ3n) is 3.14. The predicted molar refractivity (Wildman–Crippen MR) is 79.1 cm³/mol. The molecule has 1 aromatic rings. The van der Waals surface area contributed by atoms with Crippen molar-refractivity contribution in [3.63, 3.8) is 0 Å². The predicted octanol–water partition coefficient (Wildman–Crippen LogP) is 2.16. The maximum Gasteiger partial charge on any atom is 0.336 e. The van der Waals surface area contributed by atoms with Crippen molar-refractivity contribution in [2.75, 3.05) is 13.2 Å². The Hall–Kier alpha value is -1.15. The summed E-state index contributed by atoms with van der Waals surface area (Å²) in [5.74, 6) is -0.758. The van der Waals surface area contributed by atoms with Crippen LogP contribution >= 0.6 is 11.6 Å². The van der Waals surface area contributed by atoms with Gasteiger partial charge in [-0.25, -0.2) is 4.79 Å². The normalized spacial score (nSPS) is 19.8. The SMILES string of the molecule is C[C@H](OS(=O)(=O)c1ccccc1Cl)C(=O)OCC1CCCO1. The zero-order valence-electron chi connectivity index (χ0n) is 12.0. The van der Waals surface area contributed by atoms with Gasteiger partial charge < -0.3 is 9.47 Å². The molecule has 0 spiro atoms. The summed E-state index contributed by atoms with van der Waals surface area (Å²) in [5, 5.41) is 0.0300. The highest BCUT2D eigenvalue weighted by atomic mass is 35.5. The maximum absolute atomic E-state index is 12.1. The van der Waals surface area contributed by atoms with Crippen molar-refractivity contribution >= 4 is 27.7 Å². The number of carbonyl (C=O) groups excluding carboxylic acids is 1. The molecule has 6 nitrogen and oxygen atoms in total. The molecule has 2 atom stereocenters. The molecule has 0 bridgehead atoms. The van der Waals surface area contributed by atoms with Gasteiger partial charge >= 0.3 is 5.97 Å². The van der Waals surface area contributed by atoms with Gasteiger partial charge in [0.1, 0.15) is 11.5 Å². The van der Waals surface area contributed by atoms with Crippen molar-refractivity contribution in [3.05, 3.63) is 29.3 Å². The van der Waals surface area contributed by atoms with Crippen LogP contribution in [0.4, 0.5) is 0 Å². The number of carbonyl (C=O) groups is 1.